The highest BCUT2D eigenvalue weighted by Gasteiger charge is 2.10. The molecule has 0 bridgehead atoms. The molecule has 0 amide bonds. The van der Waals surface area contributed by atoms with Crippen molar-refractivity contribution in [2.75, 3.05) is 6.26 Å². The summed E-state index contributed by atoms with van der Waals surface area (Å²) in [5, 5.41) is 0. The molecule has 0 fully saturated rings. The summed E-state index contributed by atoms with van der Waals surface area (Å²) in [6, 6.07) is 9.03. The summed E-state index contributed by atoms with van der Waals surface area (Å²) in [6.45, 7) is 8.41. The maximum absolute atomic E-state index is 11.6. The molecule has 2 rings (SSSR count). The number of aryl methyl sites for hydroxylation is 1. The monoisotopic (exact) mass is 329 g/mol. The van der Waals surface area contributed by atoms with Crippen molar-refractivity contribution in [3.05, 3.63) is 53.9 Å². The molecule has 1 aromatic carbocycles. The zero-order valence-corrected chi connectivity index (χ0v) is 15.1. The molecule has 0 saturated carbocycles. The zero-order chi connectivity index (χ0) is 17.3. The number of hydrogen-bond acceptors (Lipinski definition) is 3. The molecule has 0 radical (unpaired) electrons. The molecule has 1 heterocycles. The SMILES string of the molecule is Cc1cnc(/C=C\C(C)(C)C)c(-c2ccc(S(C)(=O)=O)cc2)c1. The summed E-state index contributed by atoms with van der Waals surface area (Å²) >= 11 is 0. The van der Waals surface area contributed by atoms with Gasteiger partial charge in [0.05, 0.1) is 10.6 Å². The highest BCUT2D eigenvalue weighted by Crippen LogP contribution is 2.27. The maximum Gasteiger partial charge on any atom is 0.175 e. The summed E-state index contributed by atoms with van der Waals surface area (Å²) < 4.78 is 23.2. The molecule has 23 heavy (non-hydrogen) atoms. The van der Waals surface area contributed by atoms with Crippen LogP contribution in [0.25, 0.3) is 17.2 Å². The van der Waals surface area contributed by atoms with Crippen LogP contribution in [0.15, 0.2) is 47.5 Å². The number of sulfone groups is 1. The van der Waals surface area contributed by atoms with Gasteiger partial charge in [0, 0.05) is 18.0 Å². The zero-order valence-electron chi connectivity index (χ0n) is 14.3. The van der Waals surface area contributed by atoms with Crippen LogP contribution < -0.4 is 0 Å². The van der Waals surface area contributed by atoms with E-state index in [0.717, 1.165) is 22.4 Å². The minimum atomic E-state index is -3.18. The van der Waals surface area contributed by atoms with E-state index in [1.807, 2.05) is 31.3 Å². The second kappa shape index (κ2) is 6.28. The van der Waals surface area contributed by atoms with Crippen molar-refractivity contribution in [2.45, 2.75) is 32.6 Å². The van der Waals surface area contributed by atoms with Crippen LogP contribution in [0.5, 0.6) is 0 Å². The molecule has 0 saturated heterocycles. The number of nitrogens with zero attached hydrogens (tertiary/aromatic N) is 1. The Kier molecular flexibility index (Phi) is 4.76. The average Bonchev–Trinajstić information content (AvgIpc) is 2.44. The van der Waals surface area contributed by atoms with E-state index in [1.165, 1.54) is 6.26 Å². The fourth-order valence-electron chi connectivity index (χ4n) is 2.15. The molecule has 0 aliphatic carbocycles. The van der Waals surface area contributed by atoms with Crippen LogP contribution in [0.3, 0.4) is 0 Å². The lowest BCUT2D eigenvalue weighted by Crippen LogP contribution is -1.99. The lowest BCUT2D eigenvalue weighted by Gasteiger charge is -2.12. The molecule has 0 unspecified atom stereocenters. The van der Waals surface area contributed by atoms with Gasteiger partial charge in [-0.2, -0.15) is 0 Å². The van der Waals surface area contributed by atoms with E-state index in [0.29, 0.717) is 4.90 Å². The molecule has 0 aliphatic rings. The summed E-state index contributed by atoms with van der Waals surface area (Å²) in [5.74, 6) is 0. The normalized spacial score (nSPS) is 12.7. The first-order chi connectivity index (χ1) is 10.6. The van der Waals surface area contributed by atoms with Crippen LogP contribution in [0.4, 0.5) is 0 Å². The lowest BCUT2D eigenvalue weighted by atomic mass is 9.94. The van der Waals surface area contributed by atoms with Crippen molar-refractivity contribution in [3.8, 4) is 11.1 Å². The summed E-state index contributed by atoms with van der Waals surface area (Å²) in [4.78, 5) is 4.85. The Morgan fingerprint density at radius 2 is 1.70 bits per heavy atom. The number of pyridine rings is 1. The van der Waals surface area contributed by atoms with Crippen molar-refractivity contribution in [3.63, 3.8) is 0 Å². The van der Waals surface area contributed by atoms with E-state index < -0.39 is 9.84 Å². The third-order valence-electron chi connectivity index (χ3n) is 3.39. The average molecular weight is 329 g/mol. The fourth-order valence-corrected chi connectivity index (χ4v) is 2.78. The Morgan fingerprint density at radius 1 is 1.09 bits per heavy atom. The van der Waals surface area contributed by atoms with Crippen LogP contribution >= 0.6 is 0 Å². The first-order valence-corrected chi connectivity index (χ1v) is 9.42. The third-order valence-corrected chi connectivity index (χ3v) is 4.52. The van der Waals surface area contributed by atoms with Gasteiger partial charge < -0.3 is 0 Å². The molecule has 0 aliphatic heterocycles. The Morgan fingerprint density at radius 3 is 2.22 bits per heavy atom. The van der Waals surface area contributed by atoms with Crippen LogP contribution in [0.1, 0.15) is 32.0 Å². The Bertz CT molecular complexity index is 827. The fraction of sp³-hybridized carbons (Fsp3) is 0.316. The van der Waals surface area contributed by atoms with Crippen molar-refractivity contribution in [2.24, 2.45) is 5.41 Å². The molecule has 3 nitrogen and oxygen atoms in total. The minimum Gasteiger partial charge on any atom is -0.256 e. The van der Waals surface area contributed by atoms with Crippen molar-refractivity contribution >= 4 is 15.9 Å². The van der Waals surface area contributed by atoms with Gasteiger partial charge in [-0.3, -0.25) is 4.98 Å². The number of benzene rings is 1. The van der Waals surface area contributed by atoms with Crippen molar-refractivity contribution in [1.29, 1.82) is 0 Å². The molecule has 2 aromatic rings. The Labute approximate surface area is 139 Å². The van der Waals surface area contributed by atoms with Gasteiger partial charge in [0.1, 0.15) is 0 Å². The van der Waals surface area contributed by atoms with E-state index in [4.69, 9.17) is 0 Å². The quantitative estimate of drug-likeness (QED) is 0.832. The van der Waals surface area contributed by atoms with Crippen LogP contribution in [0.2, 0.25) is 0 Å². The highest BCUT2D eigenvalue weighted by molar-refractivity contribution is 7.90. The summed E-state index contributed by atoms with van der Waals surface area (Å²) in [6.07, 6.45) is 7.21. The number of allylic oxidation sites excluding steroid dienone is 1. The van der Waals surface area contributed by atoms with Gasteiger partial charge >= 0.3 is 0 Å². The predicted octanol–water partition coefficient (Wildman–Crippen LogP) is 4.52. The van der Waals surface area contributed by atoms with Gasteiger partial charge in [-0.25, -0.2) is 8.42 Å². The van der Waals surface area contributed by atoms with Gasteiger partial charge in [0.2, 0.25) is 0 Å². The Balaban J connectivity index is 2.50. The molecular formula is C19H23NO2S. The molecule has 0 spiro atoms. The van der Waals surface area contributed by atoms with Crippen molar-refractivity contribution < 1.29 is 8.42 Å². The maximum atomic E-state index is 11.6. The number of aromatic nitrogens is 1. The first kappa shape index (κ1) is 17.4. The molecule has 0 N–H and O–H groups in total. The van der Waals surface area contributed by atoms with E-state index in [9.17, 15) is 8.42 Å². The van der Waals surface area contributed by atoms with Gasteiger partial charge in [-0.05, 0) is 47.7 Å². The number of hydrogen-bond donors (Lipinski definition) is 0. The molecule has 122 valence electrons. The number of rotatable bonds is 3. The van der Waals surface area contributed by atoms with E-state index in [1.54, 1.807) is 12.1 Å². The molecule has 1 aromatic heterocycles. The summed E-state index contributed by atoms with van der Waals surface area (Å²) in [5.41, 5.74) is 4.00. The standard InChI is InChI=1S/C19H23NO2S/c1-14-12-17(18(20-13-14)10-11-19(2,3)4)15-6-8-16(9-7-15)23(5,21)22/h6-13H,1-5H3/b11-10-. The van der Waals surface area contributed by atoms with Crippen LogP contribution in [-0.4, -0.2) is 19.7 Å². The first-order valence-electron chi connectivity index (χ1n) is 7.53. The van der Waals surface area contributed by atoms with Gasteiger partial charge in [-0.1, -0.05) is 39.0 Å². The lowest BCUT2D eigenvalue weighted by molar-refractivity contribution is 0.547. The van der Waals surface area contributed by atoms with Crippen LogP contribution in [0, 0.1) is 12.3 Å². The Hall–Kier alpha value is -1.94. The van der Waals surface area contributed by atoms with Gasteiger partial charge in [0.25, 0.3) is 0 Å². The van der Waals surface area contributed by atoms with Gasteiger partial charge in [0.15, 0.2) is 9.84 Å². The minimum absolute atomic E-state index is 0.0734. The van der Waals surface area contributed by atoms with E-state index in [2.05, 4.69) is 37.9 Å². The topological polar surface area (TPSA) is 47.0 Å². The van der Waals surface area contributed by atoms with Crippen molar-refractivity contribution in [1.82, 2.24) is 4.98 Å². The second-order valence-electron chi connectivity index (χ2n) is 6.94. The van der Waals surface area contributed by atoms with E-state index in [-0.39, 0.29) is 5.41 Å². The third kappa shape index (κ3) is 4.76. The highest BCUT2D eigenvalue weighted by atomic mass is 32.2. The second-order valence-corrected chi connectivity index (χ2v) is 8.96. The van der Waals surface area contributed by atoms with E-state index >= 15 is 0 Å². The van der Waals surface area contributed by atoms with Crippen LogP contribution in [-0.2, 0) is 9.84 Å². The predicted molar refractivity (Wildman–Crippen MR) is 96.0 cm³/mol. The smallest absolute Gasteiger partial charge is 0.175 e. The molecule has 4 heteroatoms. The summed E-state index contributed by atoms with van der Waals surface area (Å²) in [7, 11) is -3.18. The van der Waals surface area contributed by atoms with Gasteiger partial charge in [-0.15, -0.1) is 0 Å². The largest absolute Gasteiger partial charge is 0.256 e. The molecule has 0 atom stereocenters. The molecular weight excluding hydrogens is 306 g/mol.